The average molecular weight is 314 g/mol. The second-order valence-corrected chi connectivity index (χ2v) is 5.67. The number of methoxy groups -OCH3 is 1. The molecule has 1 rings (SSSR count). The van der Waals surface area contributed by atoms with Crippen LogP contribution in [0.5, 0.6) is 5.75 Å². The van der Waals surface area contributed by atoms with E-state index in [0.29, 0.717) is 16.3 Å². The standard InChI is InChI=1S/C14H26N4O2S/c1-5-8-18(6-2)9-7-17-14-11(20-4)10(15)12(21-14)13(19)16-3/h17H,5-9,15H2,1-4H3,(H,16,19). The molecule has 0 atom stereocenters. The minimum atomic E-state index is -0.190. The van der Waals surface area contributed by atoms with Gasteiger partial charge >= 0.3 is 0 Å². The van der Waals surface area contributed by atoms with Gasteiger partial charge in [0.05, 0.1) is 7.11 Å². The highest BCUT2D eigenvalue weighted by Gasteiger charge is 2.20. The van der Waals surface area contributed by atoms with Crippen LogP contribution >= 0.6 is 11.3 Å². The fourth-order valence-corrected chi connectivity index (χ4v) is 3.16. The van der Waals surface area contributed by atoms with Crippen LogP contribution in [-0.2, 0) is 0 Å². The van der Waals surface area contributed by atoms with Gasteiger partial charge in [-0.3, -0.25) is 4.79 Å². The van der Waals surface area contributed by atoms with Crippen molar-refractivity contribution in [3.63, 3.8) is 0 Å². The number of ether oxygens (including phenoxy) is 1. The van der Waals surface area contributed by atoms with Gasteiger partial charge in [0.25, 0.3) is 5.91 Å². The van der Waals surface area contributed by atoms with E-state index in [9.17, 15) is 4.79 Å². The summed E-state index contributed by atoms with van der Waals surface area (Å²) in [7, 11) is 3.15. The van der Waals surface area contributed by atoms with Gasteiger partial charge in [0.2, 0.25) is 0 Å². The van der Waals surface area contributed by atoms with Crippen molar-refractivity contribution < 1.29 is 9.53 Å². The van der Waals surface area contributed by atoms with Gasteiger partial charge in [0.15, 0.2) is 5.75 Å². The second-order valence-electron chi connectivity index (χ2n) is 4.65. The van der Waals surface area contributed by atoms with Crippen molar-refractivity contribution in [3.8, 4) is 5.75 Å². The molecule has 120 valence electrons. The maximum Gasteiger partial charge on any atom is 0.263 e. The topological polar surface area (TPSA) is 79.6 Å². The van der Waals surface area contributed by atoms with Gasteiger partial charge in [-0.1, -0.05) is 13.8 Å². The van der Waals surface area contributed by atoms with Crippen LogP contribution in [0.1, 0.15) is 29.9 Å². The summed E-state index contributed by atoms with van der Waals surface area (Å²) in [6.45, 7) is 8.18. The summed E-state index contributed by atoms with van der Waals surface area (Å²) in [5.74, 6) is 0.363. The summed E-state index contributed by atoms with van der Waals surface area (Å²) in [5.41, 5.74) is 6.36. The summed E-state index contributed by atoms with van der Waals surface area (Å²) in [4.78, 5) is 14.6. The van der Waals surface area contributed by atoms with E-state index in [-0.39, 0.29) is 5.91 Å². The van der Waals surface area contributed by atoms with Crippen LogP contribution in [0, 0.1) is 0 Å². The van der Waals surface area contributed by atoms with E-state index in [1.165, 1.54) is 11.3 Å². The molecule has 1 aromatic heterocycles. The minimum absolute atomic E-state index is 0.190. The van der Waals surface area contributed by atoms with Crippen LogP contribution in [0.2, 0.25) is 0 Å². The fraction of sp³-hybridized carbons (Fsp3) is 0.643. The number of carbonyl (C=O) groups excluding carboxylic acids is 1. The van der Waals surface area contributed by atoms with E-state index in [0.717, 1.165) is 37.6 Å². The Balaban J connectivity index is 2.72. The van der Waals surface area contributed by atoms with Gasteiger partial charge in [-0.25, -0.2) is 0 Å². The second kappa shape index (κ2) is 8.74. The molecule has 1 aromatic rings. The van der Waals surface area contributed by atoms with Crippen molar-refractivity contribution in [1.82, 2.24) is 10.2 Å². The first-order valence-electron chi connectivity index (χ1n) is 7.23. The number of carbonyl (C=O) groups is 1. The molecule has 0 radical (unpaired) electrons. The van der Waals surface area contributed by atoms with Gasteiger partial charge in [-0.05, 0) is 19.5 Å². The summed E-state index contributed by atoms with van der Waals surface area (Å²) in [5, 5.41) is 6.71. The number of anilines is 2. The van der Waals surface area contributed by atoms with Crippen LogP contribution in [0.4, 0.5) is 10.7 Å². The number of hydrogen-bond acceptors (Lipinski definition) is 6. The molecule has 0 bridgehead atoms. The van der Waals surface area contributed by atoms with Gasteiger partial charge in [-0.15, -0.1) is 11.3 Å². The fourth-order valence-electron chi connectivity index (χ4n) is 2.10. The Morgan fingerprint density at radius 1 is 1.38 bits per heavy atom. The maximum absolute atomic E-state index is 11.8. The number of thiophene rings is 1. The highest BCUT2D eigenvalue weighted by molar-refractivity contribution is 7.19. The van der Waals surface area contributed by atoms with Gasteiger partial charge in [0.1, 0.15) is 15.6 Å². The van der Waals surface area contributed by atoms with Gasteiger partial charge in [0, 0.05) is 20.1 Å². The predicted octanol–water partition coefficient (Wildman–Crippen LogP) is 1.84. The Hall–Kier alpha value is -1.47. The normalized spacial score (nSPS) is 10.7. The highest BCUT2D eigenvalue weighted by Crippen LogP contribution is 2.42. The SMILES string of the molecule is CCCN(CC)CCNc1sc(C(=O)NC)c(N)c1OC. The van der Waals surface area contributed by atoms with Crippen LogP contribution in [-0.4, -0.2) is 51.1 Å². The van der Waals surface area contributed by atoms with Crippen molar-refractivity contribution >= 4 is 27.9 Å². The van der Waals surface area contributed by atoms with E-state index in [4.69, 9.17) is 10.5 Å². The molecule has 6 nitrogen and oxygen atoms in total. The Kier molecular flexibility index (Phi) is 7.31. The molecule has 0 aromatic carbocycles. The summed E-state index contributed by atoms with van der Waals surface area (Å²) >= 11 is 1.32. The van der Waals surface area contributed by atoms with E-state index >= 15 is 0 Å². The lowest BCUT2D eigenvalue weighted by atomic mass is 10.3. The molecule has 0 spiro atoms. The highest BCUT2D eigenvalue weighted by atomic mass is 32.1. The Labute approximate surface area is 130 Å². The zero-order valence-electron chi connectivity index (χ0n) is 13.3. The first kappa shape index (κ1) is 17.6. The lowest BCUT2D eigenvalue weighted by Gasteiger charge is -2.19. The van der Waals surface area contributed by atoms with Gasteiger partial charge < -0.3 is 26.0 Å². The first-order chi connectivity index (χ1) is 10.1. The van der Waals surface area contributed by atoms with Crippen LogP contribution < -0.4 is 21.1 Å². The number of nitrogens with zero attached hydrogens (tertiary/aromatic N) is 1. The van der Waals surface area contributed by atoms with Crippen LogP contribution in [0.15, 0.2) is 0 Å². The molecule has 0 unspecified atom stereocenters. The number of hydrogen-bond donors (Lipinski definition) is 3. The molecule has 1 amide bonds. The van der Waals surface area contributed by atoms with Gasteiger partial charge in [-0.2, -0.15) is 0 Å². The summed E-state index contributed by atoms with van der Waals surface area (Å²) in [6.07, 6.45) is 1.14. The van der Waals surface area contributed by atoms with Crippen molar-refractivity contribution in [2.24, 2.45) is 0 Å². The van der Waals surface area contributed by atoms with Crippen molar-refractivity contribution in [2.45, 2.75) is 20.3 Å². The number of rotatable bonds is 9. The van der Waals surface area contributed by atoms with Crippen molar-refractivity contribution in [2.75, 3.05) is 51.4 Å². The Morgan fingerprint density at radius 2 is 2.10 bits per heavy atom. The largest absolute Gasteiger partial charge is 0.492 e. The molecule has 0 aliphatic carbocycles. The van der Waals surface area contributed by atoms with Crippen molar-refractivity contribution in [3.05, 3.63) is 4.88 Å². The number of nitrogens with one attached hydrogen (secondary N) is 2. The van der Waals surface area contributed by atoms with Crippen molar-refractivity contribution in [1.29, 1.82) is 0 Å². The smallest absolute Gasteiger partial charge is 0.263 e. The quantitative estimate of drug-likeness (QED) is 0.648. The monoisotopic (exact) mass is 314 g/mol. The summed E-state index contributed by atoms with van der Waals surface area (Å²) in [6, 6.07) is 0. The number of nitrogens with two attached hydrogens (primary N) is 1. The molecular weight excluding hydrogens is 288 g/mol. The van der Waals surface area contributed by atoms with E-state index < -0.39 is 0 Å². The molecule has 0 saturated heterocycles. The molecule has 0 aliphatic heterocycles. The number of likely N-dealkylation sites (N-methyl/N-ethyl adjacent to an activating group) is 1. The molecule has 4 N–H and O–H groups in total. The molecule has 21 heavy (non-hydrogen) atoms. The molecular formula is C14H26N4O2S. The van der Waals surface area contributed by atoms with E-state index in [2.05, 4.69) is 29.4 Å². The zero-order chi connectivity index (χ0) is 15.8. The molecule has 7 heteroatoms. The zero-order valence-corrected chi connectivity index (χ0v) is 14.1. The maximum atomic E-state index is 11.8. The number of amides is 1. The Morgan fingerprint density at radius 3 is 2.62 bits per heavy atom. The lowest BCUT2D eigenvalue weighted by molar-refractivity contribution is 0.0967. The minimum Gasteiger partial charge on any atom is -0.492 e. The summed E-state index contributed by atoms with van der Waals surface area (Å²) < 4.78 is 5.31. The van der Waals surface area contributed by atoms with Crippen LogP contribution in [0.3, 0.4) is 0 Å². The molecule has 1 heterocycles. The van der Waals surface area contributed by atoms with E-state index in [1.807, 2.05) is 0 Å². The molecule has 0 saturated carbocycles. The number of nitrogen functional groups attached to an aromatic ring is 1. The third-order valence-corrected chi connectivity index (χ3v) is 4.38. The molecule has 0 aliphatic rings. The lowest BCUT2D eigenvalue weighted by Crippen LogP contribution is -2.29. The molecule has 0 fully saturated rings. The average Bonchev–Trinajstić information content (AvgIpc) is 2.81. The predicted molar refractivity (Wildman–Crippen MR) is 89.6 cm³/mol. The van der Waals surface area contributed by atoms with E-state index in [1.54, 1.807) is 14.2 Å². The first-order valence-corrected chi connectivity index (χ1v) is 8.05. The third-order valence-electron chi connectivity index (χ3n) is 3.24. The van der Waals surface area contributed by atoms with Crippen LogP contribution in [0.25, 0.3) is 0 Å². The third kappa shape index (κ3) is 4.50. The Bertz CT molecular complexity index is 462.